The molecular formula is C17H30N2O. The summed E-state index contributed by atoms with van der Waals surface area (Å²) in [5.74, 6) is 0.438. The number of hydrogen-bond acceptors (Lipinski definition) is 2. The Hall–Kier alpha value is -0.570. The summed E-state index contributed by atoms with van der Waals surface area (Å²) >= 11 is 0. The maximum Gasteiger partial charge on any atom is 0.244 e. The lowest BCUT2D eigenvalue weighted by atomic mass is 9.81. The van der Waals surface area contributed by atoms with Gasteiger partial charge in [-0.3, -0.25) is 10.1 Å². The minimum Gasteiger partial charge on any atom is -0.323 e. The van der Waals surface area contributed by atoms with Gasteiger partial charge in [0.15, 0.2) is 0 Å². The second kappa shape index (κ2) is 5.67. The van der Waals surface area contributed by atoms with Gasteiger partial charge in [0.05, 0.1) is 11.2 Å². The SMILES string of the molecule is CCCCN1C(=O)C2(CCCCC2)NC12CCCCC2. The summed E-state index contributed by atoms with van der Waals surface area (Å²) in [7, 11) is 0. The third-order valence-electron chi connectivity index (χ3n) is 5.77. The van der Waals surface area contributed by atoms with Crippen molar-refractivity contribution in [1.29, 1.82) is 0 Å². The summed E-state index contributed by atoms with van der Waals surface area (Å²) in [6, 6.07) is 0. The van der Waals surface area contributed by atoms with Crippen LogP contribution in [0.5, 0.6) is 0 Å². The summed E-state index contributed by atoms with van der Waals surface area (Å²) < 4.78 is 0. The molecule has 3 rings (SSSR count). The van der Waals surface area contributed by atoms with Crippen molar-refractivity contribution in [3.05, 3.63) is 0 Å². The first-order chi connectivity index (χ1) is 9.72. The second-order valence-electron chi connectivity index (χ2n) is 7.17. The zero-order chi connectivity index (χ0) is 14.1. The van der Waals surface area contributed by atoms with Crippen molar-refractivity contribution >= 4 is 5.91 Å². The van der Waals surface area contributed by atoms with Crippen LogP contribution in [0.1, 0.15) is 84.0 Å². The number of nitrogens with one attached hydrogen (secondary N) is 1. The largest absolute Gasteiger partial charge is 0.323 e. The Labute approximate surface area is 123 Å². The van der Waals surface area contributed by atoms with Gasteiger partial charge in [-0.1, -0.05) is 39.0 Å². The lowest BCUT2D eigenvalue weighted by Gasteiger charge is -2.42. The molecule has 0 radical (unpaired) electrons. The van der Waals surface area contributed by atoms with Crippen molar-refractivity contribution in [2.75, 3.05) is 6.54 Å². The molecule has 0 aromatic heterocycles. The van der Waals surface area contributed by atoms with E-state index in [1.54, 1.807) is 0 Å². The second-order valence-corrected chi connectivity index (χ2v) is 7.17. The molecule has 3 heteroatoms. The number of carbonyl (C=O) groups excluding carboxylic acids is 1. The number of amides is 1. The average Bonchev–Trinajstić information content (AvgIpc) is 2.68. The van der Waals surface area contributed by atoms with E-state index in [1.807, 2.05) is 0 Å². The molecule has 0 bridgehead atoms. The highest BCUT2D eigenvalue weighted by atomic mass is 16.2. The lowest BCUT2D eigenvalue weighted by molar-refractivity contribution is -0.136. The van der Waals surface area contributed by atoms with E-state index in [2.05, 4.69) is 17.1 Å². The van der Waals surface area contributed by atoms with E-state index in [4.69, 9.17) is 0 Å². The molecule has 0 aromatic rings. The maximum absolute atomic E-state index is 13.1. The topological polar surface area (TPSA) is 32.3 Å². The molecule has 3 nitrogen and oxygen atoms in total. The quantitative estimate of drug-likeness (QED) is 0.856. The molecule has 1 aliphatic heterocycles. The molecule has 0 aromatic carbocycles. The van der Waals surface area contributed by atoms with Crippen LogP contribution in [0.4, 0.5) is 0 Å². The third-order valence-corrected chi connectivity index (χ3v) is 5.77. The van der Waals surface area contributed by atoms with Crippen molar-refractivity contribution in [2.24, 2.45) is 0 Å². The van der Waals surface area contributed by atoms with Crippen LogP contribution in [-0.2, 0) is 4.79 Å². The van der Waals surface area contributed by atoms with E-state index in [0.29, 0.717) is 5.91 Å². The summed E-state index contributed by atoms with van der Waals surface area (Å²) in [5.41, 5.74) is -0.175. The van der Waals surface area contributed by atoms with Gasteiger partial charge in [-0.05, 0) is 44.9 Å². The van der Waals surface area contributed by atoms with Crippen LogP contribution in [-0.4, -0.2) is 28.6 Å². The van der Waals surface area contributed by atoms with Crippen LogP contribution in [0.3, 0.4) is 0 Å². The first-order valence-corrected chi connectivity index (χ1v) is 8.84. The lowest BCUT2D eigenvalue weighted by Crippen LogP contribution is -2.56. The molecule has 1 heterocycles. The number of nitrogens with zero attached hydrogens (tertiary/aromatic N) is 1. The Bertz CT molecular complexity index is 354. The van der Waals surface area contributed by atoms with E-state index in [1.165, 1.54) is 57.8 Å². The van der Waals surface area contributed by atoms with Crippen LogP contribution >= 0.6 is 0 Å². The molecule has 2 saturated carbocycles. The normalized spacial score (nSPS) is 28.4. The summed E-state index contributed by atoms with van der Waals surface area (Å²) in [5, 5.41) is 3.91. The van der Waals surface area contributed by atoms with E-state index in [9.17, 15) is 4.79 Å². The fraction of sp³-hybridized carbons (Fsp3) is 0.941. The Morgan fingerprint density at radius 1 is 1.00 bits per heavy atom. The monoisotopic (exact) mass is 278 g/mol. The molecule has 1 N–H and O–H groups in total. The van der Waals surface area contributed by atoms with Crippen LogP contribution in [0.15, 0.2) is 0 Å². The van der Waals surface area contributed by atoms with Gasteiger partial charge in [-0.25, -0.2) is 0 Å². The summed E-state index contributed by atoms with van der Waals surface area (Å²) in [6.45, 7) is 3.18. The number of hydrogen-bond donors (Lipinski definition) is 1. The molecule has 3 fully saturated rings. The van der Waals surface area contributed by atoms with Gasteiger partial charge in [0.25, 0.3) is 0 Å². The smallest absolute Gasteiger partial charge is 0.244 e. The van der Waals surface area contributed by atoms with Gasteiger partial charge < -0.3 is 4.90 Å². The third kappa shape index (κ3) is 2.28. The van der Waals surface area contributed by atoms with Gasteiger partial charge in [0.2, 0.25) is 5.91 Å². The minimum absolute atomic E-state index is 0.0157. The standard InChI is InChI=1S/C17H30N2O/c1-2-3-14-19-15(20)16(10-6-4-7-11-16)18-17(19)12-8-5-9-13-17/h18H,2-14H2,1H3. The van der Waals surface area contributed by atoms with Gasteiger partial charge in [0, 0.05) is 6.54 Å². The van der Waals surface area contributed by atoms with E-state index < -0.39 is 0 Å². The van der Waals surface area contributed by atoms with Crippen LogP contribution < -0.4 is 5.32 Å². The van der Waals surface area contributed by atoms with Gasteiger partial charge >= 0.3 is 0 Å². The first-order valence-electron chi connectivity index (χ1n) is 8.84. The molecule has 1 saturated heterocycles. The zero-order valence-electron chi connectivity index (χ0n) is 13.0. The van der Waals surface area contributed by atoms with Gasteiger partial charge in [-0.15, -0.1) is 0 Å². The Morgan fingerprint density at radius 3 is 2.20 bits per heavy atom. The predicted molar refractivity (Wildman–Crippen MR) is 81.4 cm³/mol. The molecule has 1 amide bonds. The van der Waals surface area contributed by atoms with E-state index >= 15 is 0 Å². The average molecular weight is 278 g/mol. The van der Waals surface area contributed by atoms with Crippen LogP contribution in [0.2, 0.25) is 0 Å². The molecule has 0 atom stereocenters. The summed E-state index contributed by atoms with van der Waals surface area (Å²) in [6.07, 6.45) is 14.4. The highest BCUT2D eigenvalue weighted by molar-refractivity contribution is 5.89. The van der Waals surface area contributed by atoms with Crippen molar-refractivity contribution in [2.45, 2.75) is 95.2 Å². The number of rotatable bonds is 3. The number of carbonyl (C=O) groups is 1. The van der Waals surface area contributed by atoms with Crippen molar-refractivity contribution in [3.63, 3.8) is 0 Å². The molecule has 2 spiro atoms. The van der Waals surface area contributed by atoms with E-state index in [0.717, 1.165) is 25.8 Å². The van der Waals surface area contributed by atoms with Crippen LogP contribution in [0.25, 0.3) is 0 Å². The first kappa shape index (κ1) is 14.4. The molecule has 2 aliphatic carbocycles. The Kier molecular flexibility index (Phi) is 4.07. The summed E-state index contributed by atoms with van der Waals surface area (Å²) in [4.78, 5) is 15.4. The molecule has 3 aliphatic rings. The molecule has 20 heavy (non-hydrogen) atoms. The fourth-order valence-electron chi connectivity index (χ4n) is 4.68. The van der Waals surface area contributed by atoms with Crippen molar-refractivity contribution in [3.8, 4) is 0 Å². The maximum atomic E-state index is 13.1. The molecular weight excluding hydrogens is 248 g/mol. The molecule has 0 unspecified atom stereocenters. The van der Waals surface area contributed by atoms with Gasteiger partial charge in [0.1, 0.15) is 0 Å². The predicted octanol–water partition coefficient (Wildman–Crippen LogP) is 3.58. The Morgan fingerprint density at radius 2 is 1.60 bits per heavy atom. The highest BCUT2D eigenvalue weighted by Crippen LogP contribution is 2.44. The van der Waals surface area contributed by atoms with Crippen molar-refractivity contribution in [1.82, 2.24) is 10.2 Å². The highest BCUT2D eigenvalue weighted by Gasteiger charge is 2.58. The van der Waals surface area contributed by atoms with Crippen molar-refractivity contribution < 1.29 is 4.79 Å². The fourth-order valence-corrected chi connectivity index (χ4v) is 4.68. The van der Waals surface area contributed by atoms with Gasteiger partial charge in [-0.2, -0.15) is 0 Å². The number of unbranched alkanes of at least 4 members (excludes halogenated alkanes) is 1. The Balaban J connectivity index is 1.85. The zero-order valence-corrected chi connectivity index (χ0v) is 13.0. The minimum atomic E-state index is -0.191. The molecule has 114 valence electrons. The van der Waals surface area contributed by atoms with E-state index in [-0.39, 0.29) is 11.2 Å². The van der Waals surface area contributed by atoms with Crippen LogP contribution in [0, 0.1) is 0 Å².